The molecule has 2 rings (SSSR count). The van der Waals surface area contributed by atoms with E-state index in [4.69, 9.17) is 11.6 Å². The number of likely N-dealkylation sites (N-methyl/N-ethyl adjacent to an activating group) is 1. The van der Waals surface area contributed by atoms with Crippen LogP contribution in [0.1, 0.15) is 26.7 Å². The lowest BCUT2D eigenvalue weighted by Gasteiger charge is -2.19. The Morgan fingerprint density at radius 2 is 1.90 bits per heavy atom. The number of urea groups is 1. The number of hydrogen-bond donors (Lipinski definition) is 1. The van der Waals surface area contributed by atoms with Crippen LogP contribution in [0.4, 0.5) is 10.5 Å². The van der Waals surface area contributed by atoms with Crippen LogP contribution in [-0.4, -0.2) is 73.6 Å². The SMILES string of the molecule is CCN(CC)S(=O)(=O)c1cc(NC(=O)CCCN2C(=O)CN(C)C2=O)ccc1Cl. The molecule has 0 unspecified atom stereocenters. The Labute approximate surface area is 175 Å². The van der Waals surface area contributed by atoms with Crippen molar-refractivity contribution in [2.24, 2.45) is 0 Å². The summed E-state index contributed by atoms with van der Waals surface area (Å²) in [4.78, 5) is 38.1. The van der Waals surface area contributed by atoms with Gasteiger partial charge in [-0.1, -0.05) is 25.4 Å². The predicted octanol–water partition coefficient (Wildman–Crippen LogP) is 1.98. The van der Waals surface area contributed by atoms with E-state index in [2.05, 4.69) is 5.32 Å². The summed E-state index contributed by atoms with van der Waals surface area (Å²) in [6.07, 6.45) is 0.372. The second-order valence-electron chi connectivity index (χ2n) is 6.57. The maximum absolute atomic E-state index is 12.7. The Morgan fingerprint density at radius 3 is 2.45 bits per heavy atom. The van der Waals surface area contributed by atoms with Gasteiger partial charge in [0.25, 0.3) is 0 Å². The molecule has 1 aliphatic rings. The molecule has 1 aromatic rings. The van der Waals surface area contributed by atoms with Gasteiger partial charge in [0, 0.05) is 38.8 Å². The molecular weight excluding hydrogens is 420 g/mol. The van der Waals surface area contributed by atoms with E-state index < -0.39 is 10.0 Å². The molecule has 29 heavy (non-hydrogen) atoms. The fourth-order valence-electron chi connectivity index (χ4n) is 2.99. The van der Waals surface area contributed by atoms with Gasteiger partial charge in [-0.25, -0.2) is 13.2 Å². The van der Waals surface area contributed by atoms with Crippen molar-refractivity contribution in [3.63, 3.8) is 0 Å². The molecule has 0 spiro atoms. The highest BCUT2D eigenvalue weighted by molar-refractivity contribution is 7.89. The largest absolute Gasteiger partial charge is 0.326 e. The van der Waals surface area contributed by atoms with Crippen molar-refractivity contribution in [3.05, 3.63) is 23.2 Å². The molecule has 0 aliphatic carbocycles. The van der Waals surface area contributed by atoms with Gasteiger partial charge in [-0.2, -0.15) is 4.31 Å². The van der Waals surface area contributed by atoms with Gasteiger partial charge in [0.2, 0.25) is 21.8 Å². The summed E-state index contributed by atoms with van der Waals surface area (Å²) in [5.74, 6) is -0.646. The number of carbonyl (C=O) groups is 3. The minimum absolute atomic E-state index is 0.0413. The molecule has 160 valence electrons. The van der Waals surface area contributed by atoms with Crippen molar-refractivity contribution in [2.75, 3.05) is 38.5 Å². The lowest BCUT2D eigenvalue weighted by molar-refractivity contribution is -0.125. The lowest BCUT2D eigenvalue weighted by Crippen LogP contribution is -2.33. The van der Waals surface area contributed by atoms with Crippen LogP contribution in [0.3, 0.4) is 0 Å². The second-order valence-corrected chi connectivity index (χ2v) is 8.88. The highest BCUT2D eigenvalue weighted by atomic mass is 35.5. The number of amides is 4. The van der Waals surface area contributed by atoms with E-state index in [1.165, 1.54) is 34.5 Å². The first-order chi connectivity index (χ1) is 13.6. The molecular formula is C18H25ClN4O5S. The number of halogens is 1. The maximum atomic E-state index is 12.7. The fourth-order valence-corrected chi connectivity index (χ4v) is 4.95. The molecule has 1 heterocycles. The summed E-state index contributed by atoms with van der Waals surface area (Å²) in [5.41, 5.74) is 0.304. The first kappa shape index (κ1) is 23.1. The predicted molar refractivity (Wildman–Crippen MR) is 109 cm³/mol. The molecule has 1 aliphatic heterocycles. The highest BCUT2D eigenvalue weighted by Crippen LogP contribution is 2.28. The third-order valence-electron chi connectivity index (χ3n) is 4.55. The van der Waals surface area contributed by atoms with Gasteiger partial charge in [-0.05, 0) is 24.6 Å². The molecule has 0 bridgehead atoms. The van der Waals surface area contributed by atoms with Crippen LogP contribution in [0.25, 0.3) is 0 Å². The van der Waals surface area contributed by atoms with E-state index in [0.717, 1.165) is 4.90 Å². The Kier molecular flexibility index (Phi) is 7.61. The minimum atomic E-state index is -3.77. The number of hydrogen-bond acceptors (Lipinski definition) is 5. The monoisotopic (exact) mass is 444 g/mol. The van der Waals surface area contributed by atoms with Crippen molar-refractivity contribution in [3.8, 4) is 0 Å². The average molecular weight is 445 g/mol. The lowest BCUT2D eigenvalue weighted by atomic mass is 10.2. The number of benzene rings is 1. The van der Waals surface area contributed by atoms with Crippen LogP contribution in [0, 0.1) is 0 Å². The molecule has 0 aromatic heterocycles. The van der Waals surface area contributed by atoms with E-state index in [0.29, 0.717) is 25.2 Å². The van der Waals surface area contributed by atoms with Crippen LogP contribution in [0.15, 0.2) is 23.1 Å². The van der Waals surface area contributed by atoms with Crippen LogP contribution >= 0.6 is 11.6 Å². The standard InChI is InChI=1S/C18H25ClN4O5S/c1-4-22(5-2)29(27,28)15-11-13(8-9-14(15)19)20-16(24)7-6-10-23-17(25)12-21(3)18(23)26/h8-9,11H,4-7,10,12H2,1-3H3,(H,20,24). The van der Waals surface area contributed by atoms with E-state index in [1.54, 1.807) is 13.8 Å². The normalized spacial score (nSPS) is 14.8. The van der Waals surface area contributed by atoms with Crippen molar-refractivity contribution in [2.45, 2.75) is 31.6 Å². The van der Waals surface area contributed by atoms with Crippen molar-refractivity contribution < 1.29 is 22.8 Å². The third-order valence-corrected chi connectivity index (χ3v) is 7.09. The van der Waals surface area contributed by atoms with Crippen molar-refractivity contribution >= 4 is 45.2 Å². The molecule has 1 fully saturated rings. The van der Waals surface area contributed by atoms with Gasteiger partial charge in [0.05, 0.1) is 5.02 Å². The summed E-state index contributed by atoms with van der Waals surface area (Å²) in [6.45, 7) is 4.25. The summed E-state index contributed by atoms with van der Waals surface area (Å²) in [5, 5.41) is 2.71. The zero-order chi connectivity index (χ0) is 21.8. The Hall–Kier alpha value is -2.17. The summed E-state index contributed by atoms with van der Waals surface area (Å²) < 4.78 is 26.7. The first-order valence-corrected chi connectivity index (χ1v) is 11.1. The zero-order valence-corrected chi connectivity index (χ0v) is 18.2. The van der Waals surface area contributed by atoms with Crippen molar-refractivity contribution in [1.82, 2.24) is 14.1 Å². The topological polar surface area (TPSA) is 107 Å². The van der Waals surface area contributed by atoms with Crippen LogP contribution < -0.4 is 5.32 Å². The average Bonchev–Trinajstić information content (AvgIpc) is 2.90. The number of anilines is 1. The van der Waals surface area contributed by atoms with Crippen LogP contribution in [0.5, 0.6) is 0 Å². The summed E-state index contributed by atoms with van der Waals surface area (Å²) >= 11 is 6.08. The molecule has 4 amide bonds. The van der Waals surface area contributed by atoms with E-state index in [1.807, 2.05) is 0 Å². The maximum Gasteiger partial charge on any atom is 0.326 e. The molecule has 0 saturated carbocycles. The summed E-state index contributed by atoms with van der Waals surface area (Å²) in [7, 11) is -2.23. The molecule has 1 aromatic carbocycles. The van der Waals surface area contributed by atoms with Crippen molar-refractivity contribution in [1.29, 1.82) is 0 Å². The number of imide groups is 1. The van der Waals surface area contributed by atoms with E-state index >= 15 is 0 Å². The van der Waals surface area contributed by atoms with E-state index in [9.17, 15) is 22.8 Å². The fraction of sp³-hybridized carbons (Fsp3) is 0.500. The van der Waals surface area contributed by atoms with Gasteiger partial charge >= 0.3 is 6.03 Å². The number of sulfonamides is 1. The quantitative estimate of drug-likeness (QED) is 0.586. The zero-order valence-electron chi connectivity index (χ0n) is 16.6. The Balaban J connectivity index is 2.01. The van der Waals surface area contributed by atoms with Gasteiger partial charge in [0.1, 0.15) is 11.4 Å². The van der Waals surface area contributed by atoms with Crippen LogP contribution in [0.2, 0.25) is 5.02 Å². The van der Waals surface area contributed by atoms with Gasteiger partial charge in [0.15, 0.2) is 0 Å². The van der Waals surface area contributed by atoms with Gasteiger partial charge < -0.3 is 10.2 Å². The Morgan fingerprint density at radius 1 is 1.24 bits per heavy atom. The molecule has 1 N–H and O–H groups in total. The first-order valence-electron chi connectivity index (χ1n) is 9.26. The third kappa shape index (κ3) is 5.26. The molecule has 11 heteroatoms. The Bertz CT molecular complexity index is 902. The number of rotatable bonds is 9. The number of nitrogens with zero attached hydrogens (tertiary/aromatic N) is 3. The number of carbonyl (C=O) groups excluding carboxylic acids is 3. The van der Waals surface area contributed by atoms with E-state index in [-0.39, 0.29) is 47.3 Å². The van der Waals surface area contributed by atoms with Gasteiger partial charge in [-0.15, -0.1) is 0 Å². The number of nitrogens with one attached hydrogen (secondary N) is 1. The molecule has 9 nitrogen and oxygen atoms in total. The minimum Gasteiger partial charge on any atom is -0.326 e. The van der Waals surface area contributed by atoms with Crippen LogP contribution in [-0.2, 0) is 19.6 Å². The highest BCUT2D eigenvalue weighted by Gasteiger charge is 2.32. The smallest absolute Gasteiger partial charge is 0.326 e. The molecule has 0 radical (unpaired) electrons. The molecule has 1 saturated heterocycles. The van der Waals surface area contributed by atoms with Gasteiger partial charge in [-0.3, -0.25) is 14.5 Å². The summed E-state index contributed by atoms with van der Waals surface area (Å²) in [6, 6.07) is 3.89. The second kappa shape index (κ2) is 9.55. The molecule has 0 atom stereocenters.